The molecule has 4 N–H and O–H groups in total. The largest absolute Gasteiger partial charge is 0.393 e. The lowest BCUT2D eigenvalue weighted by atomic mass is 10.1. The second kappa shape index (κ2) is 3.07. The molecule has 1 atom stereocenters. The summed E-state index contributed by atoms with van der Waals surface area (Å²) in [6.45, 7) is 0.0332. The van der Waals surface area contributed by atoms with Crippen molar-refractivity contribution >= 4 is 5.78 Å². The average molecular weight is 150 g/mol. The predicted octanol–water partition coefficient (Wildman–Crippen LogP) is -2.39. The molecular formula is C5H10O5. The molecule has 0 aromatic rings. The van der Waals surface area contributed by atoms with E-state index in [1.807, 2.05) is 0 Å². The van der Waals surface area contributed by atoms with Crippen molar-refractivity contribution in [3.05, 3.63) is 0 Å². The minimum Gasteiger partial charge on any atom is -0.393 e. The number of carbonyl (C=O) groups is 1. The molecule has 0 unspecified atom stereocenters. The second-order valence-corrected chi connectivity index (χ2v) is 1.98. The molecule has 0 radical (unpaired) electrons. The van der Waals surface area contributed by atoms with E-state index >= 15 is 0 Å². The van der Waals surface area contributed by atoms with Gasteiger partial charge in [0.05, 0.1) is 6.61 Å². The lowest BCUT2D eigenvalue weighted by molar-refractivity contribution is -0.223. The number of aliphatic hydroxyl groups excluding tert-OH is 2. The molecule has 0 heterocycles. The molecule has 60 valence electrons. The van der Waals surface area contributed by atoms with Gasteiger partial charge in [-0.2, -0.15) is 0 Å². The van der Waals surface area contributed by atoms with Gasteiger partial charge in [-0.15, -0.1) is 0 Å². The first-order valence-corrected chi connectivity index (χ1v) is 2.67. The van der Waals surface area contributed by atoms with Crippen molar-refractivity contribution < 1.29 is 25.2 Å². The Morgan fingerprint density at radius 1 is 1.60 bits per heavy atom. The van der Waals surface area contributed by atoms with Crippen molar-refractivity contribution in [2.45, 2.75) is 18.8 Å². The van der Waals surface area contributed by atoms with Crippen LogP contribution < -0.4 is 0 Å². The van der Waals surface area contributed by atoms with Crippen LogP contribution in [0, 0.1) is 0 Å². The van der Waals surface area contributed by atoms with Crippen LogP contribution in [-0.4, -0.2) is 44.7 Å². The number of ketones is 1. The summed E-state index contributed by atoms with van der Waals surface area (Å²) in [4.78, 5) is 10.3. The smallest absolute Gasteiger partial charge is 0.252 e. The molecule has 0 fully saturated rings. The quantitative estimate of drug-likeness (QED) is 0.336. The van der Waals surface area contributed by atoms with Gasteiger partial charge < -0.3 is 20.4 Å². The van der Waals surface area contributed by atoms with Crippen LogP contribution >= 0.6 is 0 Å². The van der Waals surface area contributed by atoms with Gasteiger partial charge in [0.1, 0.15) is 6.10 Å². The first kappa shape index (κ1) is 9.51. The van der Waals surface area contributed by atoms with Crippen LogP contribution in [0.4, 0.5) is 0 Å². The van der Waals surface area contributed by atoms with Crippen molar-refractivity contribution in [1.29, 1.82) is 0 Å². The molecule has 0 bridgehead atoms. The standard InChI is InChI=1S/C5H10O5/c1-3(7)5(9,10)4(8)2-6/h4,6,8-10H,2H2,1H3/t4-/m0/s1. The molecule has 0 aromatic heterocycles. The van der Waals surface area contributed by atoms with Crippen molar-refractivity contribution in [2.24, 2.45) is 0 Å². The van der Waals surface area contributed by atoms with Gasteiger partial charge in [0.2, 0.25) is 0 Å². The number of Topliss-reactive ketones (excluding diaryl/α,β-unsaturated/α-hetero) is 1. The van der Waals surface area contributed by atoms with Crippen LogP contribution in [0.2, 0.25) is 0 Å². The summed E-state index contributed by atoms with van der Waals surface area (Å²) in [5.74, 6) is -3.83. The summed E-state index contributed by atoms with van der Waals surface area (Å²) in [7, 11) is 0. The van der Waals surface area contributed by atoms with E-state index in [-0.39, 0.29) is 0 Å². The fraction of sp³-hybridized carbons (Fsp3) is 0.800. The van der Waals surface area contributed by atoms with Crippen LogP contribution in [0.5, 0.6) is 0 Å². The number of aliphatic hydroxyl groups is 4. The Labute approximate surface area is 57.5 Å². The van der Waals surface area contributed by atoms with E-state index in [4.69, 9.17) is 20.4 Å². The van der Waals surface area contributed by atoms with Crippen LogP contribution in [-0.2, 0) is 4.79 Å². The minimum absolute atomic E-state index is 0.868. The Balaban J connectivity index is 4.23. The SMILES string of the molecule is CC(=O)C(O)(O)[C@@H](O)CO. The topological polar surface area (TPSA) is 98.0 Å². The van der Waals surface area contributed by atoms with Gasteiger partial charge in [0.25, 0.3) is 5.79 Å². The lowest BCUT2D eigenvalue weighted by Crippen LogP contribution is -2.50. The van der Waals surface area contributed by atoms with Gasteiger partial charge in [-0.3, -0.25) is 4.79 Å². The van der Waals surface area contributed by atoms with E-state index in [0.717, 1.165) is 6.92 Å². The Kier molecular flexibility index (Phi) is 2.92. The molecule has 0 amide bonds. The first-order valence-electron chi connectivity index (χ1n) is 2.67. The third-order valence-corrected chi connectivity index (χ3v) is 1.16. The van der Waals surface area contributed by atoms with Crippen molar-refractivity contribution in [3.8, 4) is 0 Å². The minimum atomic E-state index is -2.82. The number of carbonyl (C=O) groups excluding carboxylic acids is 1. The summed E-state index contributed by atoms with van der Waals surface area (Å²) < 4.78 is 0. The fourth-order valence-electron chi connectivity index (χ4n) is 0.362. The van der Waals surface area contributed by atoms with Gasteiger partial charge >= 0.3 is 0 Å². The zero-order chi connectivity index (χ0) is 8.36. The van der Waals surface area contributed by atoms with E-state index in [0.29, 0.717) is 0 Å². The maximum Gasteiger partial charge on any atom is 0.252 e. The first-order chi connectivity index (χ1) is 4.42. The molecule has 0 aliphatic carbocycles. The van der Waals surface area contributed by atoms with E-state index in [1.165, 1.54) is 0 Å². The maximum atomic E-state index is 10.3. The van der Waals surface area contributed by atoms with Crippen molar-refractivity contribution in [1.82, 2.24) is 0 Å². The third kappa shape index (κ3) is 1.74. The molecule has 5 heteroatoms. The number of hydrogen-bond donors (Lipinski definition) is 4. The summed E-state index contributed by atoms with van der Waals surface area (Å²) in [5, 5.41) is 34.1. The molecule has 0 aromatic carbocycles. The van der Waals surface area contributed by atoms with Gasteiger partial charge in [0.15, 0.2) is 5.78 Å². The highest BCUT2D eigenvalue weighted by Gasteiger charge is 2.37. The van der Waals surface area contributed by atoms with Crippen molar-refractivity contribution in [3.63, 3.8) is 0 Å². The van der Waals surface area contributed by atoms with E-state index in [9.17, 15) is 4.79 Å². The summed E-state index contributed by atoms with van der Waals surface area (Å²) >= 11 is 0. The van der Waals surface area contributed by atoms with Crippen molar-refractivity contribution in [2.75, 3.05) is 6.61 Å². The Morgan fingerprint density at radius 3 is 2.10 bits per heavy atom. The molecule has 0 saturated heterocycles. The normalized spacial score (nSPS) is 14.9. The van der Waals surface area contributed by atoms with Crippen LogP contribution in [0.1, 0.15) is 6.92 Å². The van der Waals surface area contributed by atoms with Crippen LogP contribution in [0.15, 0.2) is 0 Å². The zero-order valence-electron chi connectivity index (χ0n) is 5.48. The molecule has 0 saturated carbocycles. The highest BCUT2D eigenvalue weighted by atomic mass is 16.5. The van der Waals surface area contributed by atoms with Gasteiger partial charge in [-0.05, 0) is 0 Å². The number of hydrogen-bond acceptors (Lipinski definition) is 5. The van der Waals surface area contributed by atoms with Gasteiger partial charge in [-0.1, -0.05) is 0 Å². The molecule has 0 aliphatic rings. The van der Waals surface area contributed by atoms with Gasteiger partial charge in [0, 0.05) is 6.92 Å². The highest BCUT2D eigenvalue weighted by Crippen LogP contribution is 2.06. The zero-order valence-corrected chi connectivity index (χ0v) is 5.48. The summed E-state index contributed by atoms with van der Waals surface area (Å²) in [6, 6.07) is 0. The van der Waals surface area contributed by atoms with Crippen LogP contribution in [0.25, 0.3) is 0 Å². The second-order valence-electron chi connectivity index (χ2n) is 1.98. The Hall–Kier alpha value is -0.490. The average Bonchev–Trinajstić information content (AvgIpc) is 1.86. The van der Waals surface area contributed by atoms with E-state index in [1.54, 1.807) is 0 Å². The monoisotopic (exact) mass is 150 g/mol. The Morgan fingerprint density at radius 2 is 2.00 bits per heavy atom. The fourth-order valence-corrected chi connectivity index (χ4v) is 0.362. The molecular weight excluding hydrogens is 140 g/mol. The maximum absolute atomic E-state index is 10.3. The molecule has 5 nitrogen and oxygen atoms in total. The molecule has 0 spiro atoms. The number of rotatable bonds is 3. The molecule has 0 rings (SSSR count). The lowest BCUT2D eigenvalue weighted by Gasteiger charge is -2.22. The Bertz CT molecular complexity index is 130. The highest BCUT2D eigenvalue weighted by molar-refractivity contribution is 5.83. The summed E-state index contributed by atoms with van der Waals surface area (Å²) in [5.41, 5.74) is 0. The van der Waals surface area contributed by atoms with Gasteiger partial charge in [-0.25, -0.2) is 0 Å². The molecule has 0 aliphatic heterocycles. The van der Waals surface area contributed by atoms with E-state index in [2.05, 4.69) is 0 Å². The summed E-state index contributed by atoms with van der Waals surface area (Å²) in [6.07, 6.45) is -1.84. The molecule has 10 heavy (non-hydrogen) atoms. The van der Waals surface area contributed by atoms with E-state index < -0.39 is 24.3 Å². The predicted molar refractivity (Wildman–Crippen MR) is 30.9 cm³/mol. The van der Waals surface area contributed by atoms with Crippen LogP contribution in [0.3, 0.4) is 0 Å². The third-order valence-electron chi connectivity index (χ3n) is 1.16.